The maximum atomic E-state index is 12.1. The summed E-state index contributed by atoms with van der Waals surface area (Å²) >= 11 is 11.9. The van der Waals surface area contributed by atoms with Crippen LogP contribution in [0.4, 0.5) is 11.6 Å². The molecule has 108 valence electrons. The van der Waals surface area contributed by atoms with Gasteiger partial charge in [0.15, 0.2) is 18.2 Å². The first-order chi connectivity index (χ1) is 10.0. The number of pyridine rings is 1. The normalized spacial score (nSPS) is 13.8. The molecule has 1 amide bonds. The van der Waals surface area contributed by atoms with Gasteiger partial charge in [0.05, 0.1) is 16.6 Å². The highest BCUT2D eigenvalue weighted by Gasteiger charge is 2.27. The Bertz CT molecular complexity index is 721. The van der Waals surface area contributed by atoms with Gasteiger partial charge < -0.3 is 10.5 Å². The summed E-state index contributed by atoms with van der Waals surface area (Å²) < 4.78 is 5.35. The van der Waals surface area contributed by atoms with Crippen LogP contribution in [0.3, 0.4) is 0 Å². The van der Waals surface area contributed by atoms with Gasteiger partial charge in [-0.2, -0.15) is 0 Å². The van der Waals surface area contributed by atoms with Gasteiger partial charge in [-0.1, -0.05) is 29.3 Å². The molecule has 0 spiro atoms. The molecule has 0 aliphatic carbocycles. The molecule has 1 aromatic heterocycles. The molecule has 5 nitrogen and oxygen atoms in total. The first-order valence-electron chi connectivity index (χ1n) is 6.18. The van der Waals surface area contributed by atoms with Gasteiger partial charge in [0.2, 0.25) is 0 Å². The largest absolute Gasteiger partial charge is 0.480 e. The summed E-state index contributed by atoms with van der Waals surface area (Å²) in [6.45, 7) is 0.294. The molecule has 0 unspecified atom stereocenters. The van der Waals surface area contributed by atoms with Gasteiger partial charge in [0.1, 0.15) is 5.82 Å². The van der Waals surface area contributed by atoms with Crippen LogP contribution in [0.1, 0.15) is 5.56 Å². The molecule has 21 heavy (non-hydrogen) atoms. The van der Waals surface area contributed by atoms with Gasteiger partial charge in [-0.15, -0.1) is 0 Å². The summed E-state index contributed by atoms with van der Waals surface area (Å²) in [5, 5.41) is 0.909. The summed E-state index contributed by atoms with van der Waals surface area (Å²) in [5.41, 5.74) is 6.53. The van der Waals surface area contributed by atoms with Gasteiger partial charge in [-0.05, 0) is 29.8 Å². The first kappa shape index (κ1) is 14.0. The molecule has 0 atom stereocenters. The Hall–Kier alpha value is -1.98. The second kappa shape index (κ2) is 5.42. The van der Waals surface area contributed by atoms with Crippen LogP contribution in [0.2, 0.25) is 10.0 Å². The summed E-state index contributed by atoms with van der Waals surface area (Å²) in [5.74, 6) is 1.08. The molecule has 0 saturated heterocycles. The standard InChI is InChI=1S/C14H11Cl2N3O2/c15-9-2-1-8(5-10(9)16)6-19-13(20)7-21-11-3-4-12(17)18-14(11)19/h1-5H,6-7H2,(H2,17,18). The number of nitrogens with two attached hydrogens (primary N) is 1. The van der Waals surface area contributed by atoms with Gasteiger partial charge in [-0.3, -0.25) is 9.69 Å². The molecule has 0 radical (unpaired) electrons. The summed E-state index contributed by atoms with van der Waals surface area (Å²) in [4.78, 5) is 17.8. The molecule has 3 rings (SSSR count). The van der Waals surface area contributed by atoms with E-state index in [-0.39, 0.29) is 12.5 Å². The molecular formula is C14H11Cl2N3O2. The van der Waals surface area contributed by atoms with E-state index in [2.05, 4.69) is 4.98 Å². The van der Waals surface area contributed by atoms with E-state index in [0.29, 0.717) is 34.0 Å². The number of nitrogen functional groups attached to an aromatic ring is 1. The second-order valence-corrected chi connectivity index (χ2v) is 5.39. The highest BCUT2D eigenvalue weighted by molar-refractivity contribution is 6.42. The summed E-state index contributed by atoms with van der Waals surface area (Å²) in [6, 6.07) is 8.55. The monoisotopic (exact) mass is 323 g/mol. The number of aromatic nitrogens is 1. The molecule has 1 aliphatic rings. The number of rotatable bonds is 2. The third-order valence-corrected chi connectivity index (χ3v) is 3.83. The molecule has 0 saturated carbocycles. The fraction of sp³-hybridized carbons (Fsp3) is 0.143. The molecule has 1 aromatic carbocycles. The molecule has 2 aromatic rings. The lowest BCUT2D eigenvalue weighted by atomic mass is 10.2. The maximum Gasteiger partial charge on any atom is 0.266 e. The third-order valence-electron chi connectivity index (χ3n) is 3.09. The van der Waals surface area contributed by atoms with E-state index in [1.54, 1.807) is 24.3 Å². The summed E-state index contributed by atoms with van der Waals surface area (Å²) in [7, 11) is 0. The lowest BCUT2D eigenvalue weighted by Gasteiger charge is -2.28. The maximum absolute atomic E-state index is 12.1. The van der Waals surface area contributed by atoms with Crippen molar-refractivity contribution in [3.8, 4) is 5.75 Å². The van der Waals surface area contributed by atoms with Crippen LogP contribution >= 0.6 is 23.2 Å². The minimum absolute atomic E-state index is 0.0279. The van der Waals surface area contributed by atoms with Crippen molar-refractivity contribution < 1.29 is 9.53 Å². The van der Waals surface area contributed by atoms with E-state index >= 15 is 0 Å². The van der Waals surface area contributed by atoms with Gasteiger partial charge in [-0.25, -0.2) is 4.98 Å². The highest BCUT2D eigenvalue weighted by Crippen LogP contribution is 2.32. The predicted molar refractivity (Wildman–Crippen MR) is 81.8 cm³/mol. The second-order valence-electron chi connectivity index (χ2n) is 4.57. The molecule has 7 heteroatoms. The van der Waals surface area contributed by atoms with Crippen LogP contribution in [0.5, 0.6) is 5.75 Å². The Balaban J connectivity index is 1.96. The quantitative estimate of drug-likeness (QED) is 0.922. The number of anilines is 2. The topological polar surface area (TPSA) is 68.5 Å². The average Bonchev–Trinajstić information content (AvgIpc) is 2.46. The number of hydrogen-bond donors (Lipinski definition) is 1. The van der Waals surface area contributed by atoms with Crippen molar-refractivity contribution in [2.24, 2.45) is 0 Å². The van der Waals surface area contributed by atoms with Crippen LogP contribution in [0, 0.1) is 0 Å². The number of amides is 1. The van der Waals surface area contributed by atoms with E-state index < -0.39 is 0 Å². The minimum atomic E-state index is -0.188. The zero-order valence-electron chi connectivity index (χ0n) is 10.8. The molecule has 1 aliphatic heterocycles. The number of carbonyl (C=O) groups excluding carboxylic acids is 1. The fourth-order valence-electron chi connectivity index (χ4n) is 2.08. The van der Waals surface area contributed by atoms with Gasteiger partial charge >= 0.3 is 0 Å². The van der Waals surface area contributed by atoms with E-state index in [4.69, 9.17) is 33.7 Å². The molecule has 0 fully saturated rings. The van der Waals surface area contributed by atoms with Crippen LogP contribution in [-0.4, -0.2) is 17.5 Å². The first-order valence-corrected chi connectivity index (χ1v) is 6.94. The van der Waals surface area contributed by atoms with E-state index in [1.165, 1.54) is 4.90 Å². The lowest BCUT2D eigenvalue weighted by Crippen LogP contribution is -2.39. The van der Waals surface area contributed by atoms with Crippen molar-refractivity contribution >= 4 is 40.7 Å². The fourth-order valence-corrected chi connectivity index (χ4v) is 2.40. The van der Waals surface area contributed by atoms with Crippen LogP contribution in [-0.2, 0) is 11.3 Å². The molecule has 2 N–H and O–H groups in total. The van der Waals surface area contributed by atoms with Crippen LogP contribution < -0.4 is 15.4 Å². The van der Waals surface area contributed by atoms with Crippen molar-refractivity contribution in [3.05, 3.63) is 45.9 Å². The number of nitrogens with zero attached hydrogens (tertiary/aromatic N) is 2. The number of carbonyl (C=O) groups is 1. The van der Waals surface area contributed by atoms with Gasteiger partial charge in [0.25, 0.3) is 5.91 Å². The van der Waals surface area contributed by atoms with Crippen molar-refractivity contribution in [2.75, 3.05) is 17.2 Å². The van der Waals surface area contributed by atoms with Gasteiger partial charge in [0, 0.05) is 0 Å². The Labute approximate surface area is 131 Å². The number of benzene rings is 1. The van der Waals surface area contributed by atoms with Crippen molar-refractivity contribution in [3.63, 3.8) is 0 Å². The highest BCUT2D eigenvalue weighted by atomic mass is 35.5. The average molecular weight is 324 g/mol. The Morgan fingerprint density at radius 2 is 2.05 bits per heavy atom. The summed E-state index contributed by atoms with van der Waals surface area (Å²) in [6.07, 6.45) is 0. The van der Waals surface area contributed by atoms with Crippen LogP contribution in [0.25, 0.3) is 0 Å². The zero-order chi connectivity index (χ0) is 15.0. The van der Waals surface area contributed by atoms with Crippen LogP contribution in [0.15, 0.2) is 30.3 Å². The number of halogens is 2. The predicted octanol–water partition coefficient (Wildman–Crippen LogP) is 2.90. The smallest absolute Gasteiger partial charge is 0.266 e. The molecule has 0 bridgehead atoms. The van der Waals surface area contributed by atoms with E-state index in [9.17, 15) is 4.79 Å². The number of fused-ring (bicyclic) bond motifs is 1. The molecule has 2 heterocycles. The Morgan fingerprint density at radius 1 is 1.24 bits per heavy atom. The van der Waals surface area contributed by atoms with Crippen molar-refractivity contribution in [2.45, 2.75) is 6.54 Å². The molecular weight excluding hydrogens is 313 g/mol. The zero-order valence-corrected chi connectivity index (χ0v) is 12.4. The van der Waals surface area contributed by atoms with E-state index in [1.807, 2.05) is 6.07 Å². The minimum Gasteiger partial charge on any atom is -0.480 e. The number of hydrogen-bond acceptors (Lipinski definition) is 4. The van der Waals surface area contributed by atoms with E-state index in [0.717, 1.165) is 5.56 Å². The SMILES string of the molecule is Nc1ccc2c(n1)N(Cc1ccc(Cl)c(Cl)c1)C(=O)CO2. The lowest BCUT2D eigenvalue weighted by molar-refractivity contribution is -0.121. The third kappa shape index (κ3) is 2.75. The Kier molecular flexibility index (Phi) is 3.61. The van der Waals surface area contributed by atoms with Crippen molar-refractivity contribution in [1.82, 2.24) is 4.98 Å². The van der Waals surface area contributed by atoms with Crippen molar-refractivity contribution in [1.29, 1.82) is 0 Å². The Morgan fingerprint density at radius 3 is 2.81 bits per heavy atom. The number of ether oxygens (including phenoxy) is 1.